The van der Waals surface area contributed by atoms with E-state index in [4.69, 9.17) is 41.6 Å². The number of hydrogen-bond donors (Lipinski definition) is 0. The van der Waals surface area contributed by atoms with Crippen LogP contribution in [0, 0.1) is 61.7 Å². The number of benzene rings is 7. The highest BCUT2D eigenvalue weighted by Gasteiger charge is 2.44. The van der Waals surface area contributed by atoms with Crippen molar-refractivity contribution in [3.05, 3.63) is 150 Å². The largest absolute Gasteiger partial charge is 0.497 e. The molecule has 11 rings (SSSR count). The minimum absolute atomic E-state index is 0.301. The number of terminal acetylenes is 5. The molecule has 4 heteroatoms. The van der Waals surface area contributed by atoms with Gasteiger partial charge in [0.15, 0.2) is 0 Å². The van der Waals surface area contributed by atoms with Crippen molar-refractivity contribution in [3.63, 3.8) is 0 Å². The fraction of sp³-hybridized carbons (Fsp3) is 0.143. The highest BCUT2D eigenvalue weighted by atomic mass is 16.5. The summed E-state index contributed by atoms with van der Waals surface area (Å²) in [5.41, 5.74) is 15.8. The van der Waals surface area contributed by atoms with Gasteiger partial charge in [-0.3, -0.25) is 0 Å². The molecule has 2 aliphatic rings. The van der Waals surface area contributed by atoms with Crippen LogP contribution in [0.3, 0.4) is 0 Å². The molecule has 67 heavy (non-hydrogen) atoms. The fourth-order valence-electron chi connectivity index (χ4n) is 11.9. The van der Waals surface area contributed by atoms with Crippen molar-refractivity contribution in [2.24, 2.45) is 0 Å². The first-order valence-corrected chi connectivity index (χ1v) is 22.3. The van der Waals surface area contributed by atoms with Gasteiger partial charge in [-0.2, -0.15) is 0 Å². The number of nitrogens with zero attached hydrogens (tertiary/aromatic N) is 2. The SMILES string of the molecule is C#CCn1c2ccc(OC)cc2c2c(-c3ccc4c(c3)C(CC#C)(CC#C)c3ccccc3-4)c3c(c(-c4ccc5c(c4)C(CC#C)(CC#C)c4ccccc4-5)c21)c1cc(OC)ccc1n3C=C. The minimum atomic E-state index is -0.591. The molecule has 2 heterocycles. The molecule has 0 saturated carbocycles. The number of fused-ring (bicyclic) bond motifs is 12. The molecule has 0 radical (unpaired) electrons. The molecule has 7 aromatic carbocycles. The number of rotatable bonds is 10. The van der Waals surface area contributed by atoms with Crippen molar-refractivity contribution >= 4 is 49.8 Å². The van der Waals surface area contributed by atoms with E-state index in [2.05, 4.69) is 155 Å². The maximum atomic E-state index is 6.38. The van der Waals surface area contributed by atoms with Crippen LogP contribution in [0.15, 0.2) is 128 Å². The van der Waals surface area contributed by atoms with Gasteiger partial charge in [0.05, 0.1) is 42.8 Å². The van der Waals surface area contributed by atoms with Gasteiger partial charge in [0.1, 0.15) is 11.5 Å². The number of methoxy groups -OCH3 is 2. The van der Waals surface area contributed by atoms with Crippen LogP contribution < -0.4 is 9.47 Å². The predicted molar refractivity (Wildman–Crippen MR) is 278 cm³/mol. The summed E-state index contributed by atoms with van der Waals surface area (Å²) in [5, 5.41) is 4.02. The van der Waals surface area contributed by atoms with Crippen LogP contribution in [0.1, 0.15) is 47.9 Å². The first kappa shape index (κ1) is 41.0. The number of ether oxygens (including phenoxy) is 2. The second-order valence-electron chi connectivity index (χ2n) is 17.6. The molecule has 0 aliphatic heterocycles. The average Bonchev–Trinajstić information content (AvgIpc) is 4.03. The maximum absolute atomic E-state index is 6.38. The lowest BCUT2D eigenvalue weighted by Gasteiger charge is -2.29. The summed E-state index contributed by atoms with van der Waals surface area (Å²) in [6, 6.07) is 43.1. The summed E-state index contributed by atoms with van der Waals surface area (Å²) in [7, 11) is 3.40. The van der Waals surface area contributed by atoms with E-state index in [9.17, 15) is 0 Å². The number of hydrogen-bond acceptors (Lipinski definition) is 2. The summed E-state index contributed by atoms with van der Waals surface area (Å²) >= 11 is 0. The van der Waals surface area contributed by atoms with Gasteiger partial charge in [-0.05, 0) is 104 Å². The number of aromatic nitrogens is 2. The normalized spacial score (nSPS) is 13.4. The first-order valence-electron chi connectivity index (χ1n) is 22.3. The van der Waals surface area contributed by atoms with Crippen LogP contribution in [0.5, 0.6) is 11.5 Å². The third kappa shape index (κ3) is 5.51. The molecule has 0 N–H and O–H groups in total. The fourth-order valence-corrected chi connectivity index (χ4v) is 11.9. The summed E-state index contributed by atoms with van der Waals surface area (Å²) in [4.78, 5) is 0. The van der Waals surface area contributed by atoms with Gasteiger partial charge in [-0.25, -0.2) is 0 Å². The lowest BCUT2D eigenvalue weighted by atomic mass is 9.72. The van der Waals surface area contributed by atoms with Crippen molar-refractivity contribution in [2.75, 3.05) is 14.2 Å². The van der Waals surface area contributed by atoms with Gasteiger partial charge >= 0.3 is 0 Å². The van der Waals surface area contributed by atoms with Crippen molar-refractivity contribution in [3.8, 4) is 118 Å². The Morgan fingerprint density at radius 3 is 1.43 bits per heavy atom. The van der Waals surface area contributed by atoms with E-state index in [-0.39, 0.29) is 0 Å². The lowest BCUT2D eigenvalue weighted by Crippen LogP contribution is -2.24. The van der Waals surface area contributed by atoms with Gasteiger partial charge in [-0.1, -0.05) is 85.3 Å². The highest BCUT2D eigenvalue weighted by molar-refractivity contribution is 6.33. The van der Waals surface area contributed by atoms with Crippen LogP contribution in [-0.4, -0.2) is 23.4 Å². The summed E-state index contributed by atoms with van der Waals surface area (Å²) < 4.78 is 16.5. The Bertz CT molecular complexity index is 3820. The minimum Gasteiger partial charge on any atom is -0.497 e. The Labute approximate surface area is 391 Å². The molecular formula is C63H44N2O2. The molecule has 0 fully saturated rings. The maximum Gasteiger partial charge on any atom is 0.119 e. The predicted octanol–water partition coefficient (Wildman–Crippen LogP) is 13.6. The van der Waals surface area contributed by atoms with E-state index in [1.807, 2.05) is 18.3 Å². The molecule has 2 aliphatic carbocycles. The Morgan fingerprint density at radius 1 is 0.507 bits per heavy atom. The molecule has 9 aromatic rings. The van der Waals surface area contributed by atoms with Crippen LogP contribution in [-0.2, 0) is 17.4 Å². The van der Waals surface area contributed by atoms with E-state index in [1.165, 1.54) is 0 Å². The molecule has 0 spiro atoms. The second-order valence-corrected chi connectivity index (χ2v) is 17.6. The smallest absolute Gasteiger partial charge is 0.119 e. The molecule has 0 unspecified atom stereocenters. The molecule has 0 amide bonds. The average molecular weight is 861 g/mol. The van der Waals surface area contributed by atoms with E-state index in [0.29, 0.717) is 32.2 Å². The van der Waals surface area contributed by atoms with Gasteiger partial charge in [0.2, 0.25) is 0 Å². The third-order valence-electron chi connectivity index (χ3n) is 14.6. The Hall–Kier alpha value is -8.72. The van der Waals surface area contributed by atoms with Crippen LogP contribution >= 0.6 is 0 Å². The van der Waals surface area contributed by atoms with Gasteiger partial charge in [0, 0.05) is 75.4 Å². The van der Waals surface area contributed by atoms with E-state index < -0.39 is 10.8 Å². The molecule has 318 valence electrons. The Balaban J connectivity index is 1.37. The monoisotopic (exact) mass is 860 g/mol. The van der Waals surface area contributed by atoms with E-state index in [0.717, 1.165) is 122 Å². The molecule has 4 nitrogen and oxygen atoms in total. The molecule has 2 aromatic heterocycles. The van der Waals surface area contributed by atoms with Crippen LogP contribution in [0.4, 0.5) is 0 Å². The molecule has 0 bridgehead atoms. The third-order valence-corrected chi connectivity index (χ3v) is 14.6. The zero-order valence-corrected chi connectivity index (χ0v) is 37.5. The van der Waals surface area contributed by atoms with Crippen molar-refractivity contribution in [1.29, 1.82) is 0 Å². The summed E-state index contributed by atoms with van der Waals surface area (Å²) in [6.07, 6.45) is 35.1. The Morgan fingerprint density at radius 2 is 0.955 bits per heavy atom. The zero-order chi connectivity index (χ0) is 46.2. The van der Waals surface area contributed by atoms with E-state index in [1.54, 1.807) is 14.2 Å². The molecule has 0 atom stereocenters. The van der Waals surface area contributed by atoms with Crippen LogP contribution in [0.2, 0.25) is 0 Å². The van der Waals surface area contributed by atoms with Gasteiger partial charge in [-0.15, -0.1) is 55.8 Å². The van der Waals surface area contributed by atoms with Crippen molar-refractivity contribution < 1.29 is 9.47 Å². The first-order chi connectivity index (χ1) is 32.9. The summed E-state index contributed by atoms with van der Waals surface area (Å²) in [5.74, 6) is 16.6. The second kappa shape index (κ2) is 15.5. The van der Waals surface area contributed by atoms with Gasteiger partial charge in [0.25, 0.3) is 0 Å². The van der Waals surface area contributed by atoms with Gasteiger partial charge < -0.3 is 18.6 Å². The standard InChI is InChI=1S/C63H44N2O2/c1-9-31-62(32-10-2)50-21-17-15-19-44(50)46-27-23-40(36-52(46)62)56-59-49-39-43(67-8)26-30-55(49)65(35-13-5)61(59)57(58-48-38-42(66-7)25-29-54(48)64(14-6)60(56)58)41-24-28-47-45-20-16-18-22-51(45)63(33-11-3,34-12-4)53(47)37-41/h1-5,14-30,36-39H,6,31-35H2,7-8H3. The highest BCUT2D eigenvalue weighted by Crippen LogP contribution is 2.58. The lowest BCUT2D eigenvalue weighted by molar-refractivity contribution is 0.415. The van der Waals surface area contributed by atoms with Crippen molar-refractivity contribution in [1.82, 2.24) is 9.13 Å². The zero-order valence-electron chi connectivity index (χ0n) is 37.5. The van der Waals surface area contributed by atoms with Crippen molar-refractivity contribution in [2.45, 2.75) is 43.1 Å². The van der Waals surface area contributed by atoms with E-state index >= 15 is 0 Å². The topological polar surface area (TPSA) is 28.3 Å². The Kier molecular flexibility index (Phi) is 9.47. The quantitative estimate of drug-likeness (QED) is 0.128. The summed E-state index contributed by atoms with van der Waals surface area (Å²) in [6.45, 7) is 4.77. The molecular weight excluding hydrogens is 817 g/mol. The van der Waals surface area contributed by atoms with Crippen LogP contribution in [0.25, 0.3) is 94.3 Å². The molecule has 0 saturated heterocycles.